The lowest BCUT2D eigenvalue weighted by molar-refractivity contribution is -0.117. The van der Waals surface area contributed by atoms with Crippen molar-refractivity contribution in [3.05, 3.63) is 83.4 Å². The maximum absolute atomic E-state index is 12.9. The van der Waals surface area contributed by atoms with Crippen LogP contribution in [0.3, 0.4) is 0 Å². The van der Waals surface area contributed by atoms with Gasteiger partial charge in [0.25, 0.3) is 5.91 Å². The second-order valence-corrected chi connectivity index (χ2v) is 12.4. The predicted octanol–water partition coefficient (Wildman–Crippen LogP) is 6.36. The summed E-state index contributed by atoms with van der Waals surface area (Å²) in [5.41, 5.74) is 5.83. The zero-order valence-corrected chi connectivity index (χ0v) is 24.8. The number of alkyl carbamates (subject to hydrolysis) is 1. The summed E-state index contributed by atoms with van der Waals surface area (Å²) < 4.78 is 5.37. The first-order chi connectivity index (χ1) is 20.0. The third-order valence-electron chi connectivity index (χ3n) is 7.52. The maximum Gasteiger partial charge on any atom is 0.407 e. The number of likely N-dealkylation sites (tertiary alicyclic amines) is 1. The van der Waals surface area contributed by atoms with Crippen LogP contribution in [0.15, 0.2) is 66.7 Å². The number of amides is 3. The molecular weight excluding hydrogens is 528 g/mol. The molecule has 8 nitrogen and oxygen atoms in total. The fraction of sp³-hybridized carbons (Fsp3) is 0.382. The summed E-state index contributed by atoms with van der Waals surface area (Å²) in [5.74, 6) is 0.0607. The van der Waals surface area contributed by atoms with Gasteiger partial charge in [0, 0.05) is 48.5 Å². The van der Waals surface area contributed by atoms with E-state index < -0.39 is 5.60 Å². The van der Waals surface area contributed by atoms with E-state index in [1.165, 1.54) is 0 Å². The molecule has 3 aromatic rings. The Morgan fingerprint density at radius 1 is 0.881 bits per heavy atom. The molecule has 0 bridgehead atoms. The average Bonchev–Trinajstić information content (AvgIpc) is 3.71. The van der Waals surface area contributed by atoms with E-state index in [0.717, 1.165) is 72.5 Å². The number of carbonyl (C=O) groups excluding carboxylic acids is 3. The molecule has 8 heteroatoms. The minimum Gasteiger partial charge on any atom is -0.444 e. The number of rotatable bonds is 8. The highest BCUT2D eigenvalue weighted by molar-refractivity contribution is 6.04. The molecule has 220 valence electrons. The third kappa shape index (κ3) is 7.97. The fourth-order valence-corrected chi connectivity index (χ4v) is 5.13. The average molecular weight is 569 g/mol. The van der Waals surface area contributed by atoms with Gasteiger partial charge in [-0.25, -0.2) is 4.79 Å². The Hall–Kier alpha value is -4.17. The van der Waals surface area contributed by atoms with Gasteiger partial charge in [0.2, 0.25) is 5.91 Å². The highest BCUT2D eigenvalue weighted by atomic mass is 16.6. The van der Waals surface area contributed by atoms with E-state index in [0.29, 0.717) is 5.56 Å². The topological polar surface area (TPSA) is 99.8 Å². The van der Waals surface area contributed by atoms with Gasteiger partial charge >= 0.3 is 6.09 Å². The van der Waals surface area contributed by atoms with Crippen molar-refractivity contribution in [2.75, 3.05) is 23.7 Å². The largest absolute Gasteiger partial charge is 0.444 e. The van der Waals surface area contributed by atoms with Crippen molar-refractivity contribution in [2.24, 2.45) is 5.92 Å². The molecule has 0 aromatic heterocycles. The number of anilines is 2. The number of ether oxygens (including phenoxy) is 1. The number of hydrogen-bond donors (Lipinski definition) is 3. The predicted molar refractivity (Wildman–Crippen MR) is 165 cm³/mol. The number of aryl methyl sites for hydroxylation is 1. The van der Waals surface area contributed by atoms with Crippen LogP contribution in [-0.4, -0.2) is 47.5 Å². The number of benzene rings is 3. The van der Waals surface area contributed by atoms with Crippen molar-refractivity contribution >= 4 is 29.3 Å². The Balaban J connectivity index is 1.13. The van der Waals surface area contributed by atoms with Gasteiger partial charge < -0.3 is 20.7 Å². The maximum atomic E-state index is 12.9. The van der Waals surface area contributed by atoms with Crippen LogP contribution in [0.4, 0.5) is 16.2 Å². The molecule has 1 aliphatic carbocycles. The smallest absolute Gasteiger partial charge is 0.407 e. The summed E-state index contributed by atoms with van der Waals surface area (Å²) >= 11 is 0. The summed E-state index contributed by atoms with van der Waals surface area (Å²) in [4.78, 5) is 39.5. The molecule has 5 rings (SSSR count). The first-order valence-electron chi connectivity index (χ1n) is 14.7. The van der Waals surface area contributed by atoms with Gasteiger partial charge in [0.1, 0.15) is 5.60 Å². The van der Waals surface area contributed by atoms with E-state index in [4.69, 9.17) is 4.74 Å². The van der Waals surface area contributed by atoms with Gasteiger partial charge in [-0.3, -0.25) is 14.5 Å². The van der Waals surface area contributed by atoms with Crippen LogP contribution in [0.25, 0.3) is 11.1 Å². The van der Waals surface area contributed by atoms with Crippen LogP contribution in [0, 0.1) is 12.8 Å². The first-order valence-corrected chi connectivity index (χ1v) is 14.7. The highest BCUT2D eigenvalue weighted by Gasteiger charge is 2.29. The molecule has 2 fully saturated rings. The molecule has 3 N–H and O–H groups in total. The zero-order chi connectivity index (χ0) is 29.9. The molecule has 1 heterocycles. The Kier molecular flexibility index (Phi) is 8.64. The minimum atomic E-state index is -0.509. The summed E-state index contributed by atoms with van der Waals surface area (Å²) in [6.07, 6.45) is 2.44. The van der Waals surface area contributed by atoms with Crippen molar-refractivity contribution in [3.63, 3.8) is 0 Å². The number of hydrogen-bond acceptors (Lipinski definition) is 5. The standard InChI is InChI=1S/C34H40N4O4/c1-22-5-14-28(36-32(40)26-12-13-26)19-30(22)24-8-10-25(11-9-24)31(39)35-27-15-6-23(7-16-27)20-38-18-17-29(21-38)37-33(41)42-34(2,3)4/h5-11,14-16,19,26,29H,12-13,17-18,20-21H2,1-4H3,(H,35,39)(H,36,40)(H,37,41). The van der Waals surface area contributed by atoms with Crippen LogP contribution in [0.1, 0.15) is 61.5 Å². The second-order valence-electron chi connectivity index (χ2n) is 12.4. The van der Waals surface area contributed by atoms with E-state index in [1.807, 2.05) is 94.4 Å². The highest BCUT2D eigenvalue weighted by Crippen LogP contribution is 2.32. The molecule has 0 spiro atoms. The molecular formula is C34H40N4O4. The Morgan fingerprint density at radius 2 is 1.57 bits per heavy atom. The number of carbonyl (C=O) groups is 3. The SMILES string of the molecule is Cc1ccc(NC(=O)C2CC2)cc1-c1ccc(C(=O)Nc2ccc(CN3CCC(NC(=O)OC(C)(C)C)C3)cc2)cc1. The van der Waals surface area contributed by atoms with Crippen molar-refractivity contribution in [2.45, 2.75) is 65.1 Å². The van der Waals surface area contributed by atoms with Crippen molar-refractivity contribution in [1.82, 2.24) is 10.2 Å². The summed E-state index contributed by atoms with van der Waals surface area (Å²) in [7, 11) is 0. The minimum absolute atomic E-state index is 0.0749. The monoisotopic (exact) mass is 568 g/mol. The molecule has 1 saturated carbocycles. The van der Waals surface area contributed by atoms with Crippen molar-refractivity contribution < 1.29 is 19.1 Å². The molecule has 1 saturated heterocycles. The Morgan fingerprint density at radius 3 is 2.24 bits per heavy atom. The van der Waals surface area contributed by atoms with Gasteiger partial charge in [0.15, 0.2) is 0 Å². The second kappa shape index (κ2) is 12.4. The van der Waals surface area contributed by atoms with Gasteiger partial charge in [0.05, 0.1) is 0 Å². The van der Waals surface area contributed by atoms with Crippen LogP contribution in [0.2, 0.25) is 0 Å². The molecule has 1 unspecified atom stereocenters. The van der Waals surface area contributed by atoms with Gasteiger partial charge in [-0.05, 0) is 106 Å². The van der Waals surface area contributed by atoms with E-state index in [9.17, 15) is 14.4 Å². The van der Waals surface area contributed by atoms with Gasteiger partial charge in [-0.1, -0.05) is 30.3 Å². The van der Waals surface area contributed by atoms with E-state index in [1.54, 1.807) is 0 Å². The van der Waals surface area contributed by atoms with Crippen LogP contribution in [0.5, 0.6) is 0 Å². The first kappa shape index (κ1) is 29.3. The normalized spacial score (nSPS) is 17.0. The summed E-state index contributed by atoms with van der Waals surface area (Å²) in [6.45, 7) is 10.0. The molecule has 3 amide bonds. The number of nitrogens with one attached hydrogen (secondary N) is 3. The van der Waals surface area contributed by atoms with Gasteiger partial charge in [-0.15, -0.1) is 0 Å². The quantitative estimate of drug-likeness (QED) is 0.294. The Bertz CT molecular complexity index is 1440. The van der Waals surface area contributed by atoms with E-state index in [2.05, 4.69) is 20.9 Å². The lowest BCUT2D eigenvalue weighted by Crippen LogP contribution is -2.40. The summed E-state index contributed by atoms with van der Waals surface area (Å²) in [6, 6.07) is 21.4. The van der Waals surface area contributed by atoms with Crippen molar-refractivity contribution in [1.29, 1.82) is 0 Å². The molecule has 2 aliphatic rings. The molecule has 1 aliphatic heterocycles. The molecule has 42 heavy (non-hydrogen) atoms. The van der Waals surface area contributed by atoms with E-state index in [-0.39, 0.29) is 29.9 Å². The van der Waals surface area contributed by atoms with Crippen LogP contribution in [-0.2, 0) is 16.1 Å². The zero-order valence-electron chi connectivity index (χ0n) is 24.8. The third-order valence-corrected chi connectivity index (χ3v) is 7.52. The lowest BCUT2D eigenvalue weighted by Gasteiger charge is -2.22. The molecule has 0 radical (unpaired) electrons. The Labute approximate surface area is 247 Å². The molecule has 3 aromatic carbocycles. The van der Waals surface area contributed by atoms with Crippen LogP contribution < -0.4 is 16.0 Å². The number of nitrogens with zero attached hydrogens (tertiary/aromatic N) is 1. The fourth-order valence-electron chi connectivity index (χ4n) is 5.13. The molecule has 1 atom stereocenters. The van der Waals surface area contributed by atoms with Crippen molar-refractivity contribution in [3.8, 4) is 11.1 Å². The lowest BCUT2D eigenvalue weighted by atomic mass is 9.98. The van der Waals surface area contributed by atoms with Crippen LogP contribution >= 0.6 is 0 Å². The van der Waals surface area contributed by atoms with E-state index >= 15 is 0 Å². The van der Waals surface area contributed by atoms with Gasteiger partial charge in [-0.2, -0.15) is 0 Å². The summed E-state index contributed by atoms with van der Waals surface area (Å²) in [5, 5.41) is 8.96.